The minimum absolute atomic E-state index is 0.255. The molecule has 0 saturated carbocycles. The highest BCUT2D eigenvalue weighted by molar-refractivity contribution is 6.33. The molecule has 0 atom stereocenters. The molecule has 104 valence electrons. The molecule has 0 unspecified atom stereocenters. The fourth-order valence-electron chi connectivity index (χ4n) is 1.94. The van der Waals surface area contributed by atoms with Gasteiger partial charge in [-0.2, -0.15) is 0 Å². The SMILES string of the molecule is CC1(C)Oc2cc(Cl)c(-c3cc(C(=O)O)on3)cc2O1. The summed E-state index contributed by atoms with van der Waals surface area (Å²) in [4.78, 5) is 10.8. The number of hydrogen-bond donors (Lipinski definition) is 1. The van der Waals surface area contributed by atoms with Crippen LogP contribution in [0.15, 0.2) is 22.7 Å². The molecule has 20 heavy (non-hydrogen) atoms. The molecular formula is C13H10ClNO5. The molecule has 0 amide bonds. The van der Waals surface area contributed by atoms with E-state index < -0.39 is 11.8 Å². The number of nitrogens with zero attached hydrogens (tertiary/aromatic N) is 1. The summed E-state index contributed by atoms with van der Waals surface area (Å²) in [7, 11) is 0. The highest BCUT2D eigenvalue weighted by Gasteiger charge is 2.33. The molecule has 0 aliphatic carbocycles. The lowest BCUT2D eigenvalue weighted by Gasteiger charge is -2.16. The molecule has 1 aliphatic rings. The maximum atomic E-state index is 10.8. The van der Waals surface area contributed by atoms with Gasteiger partial charge in [-0.05, 0) is 6.07 Å². The Morgan fingerprint density at radius 1 is 1.25 bits per heavy atom. The number of rotatable bonds is 2. The first-order valence-corrected chi connectivity index (χ1v) is 6.15. The number of carboxylic acids is 1. The molecule has 0 spiro atoms. The minimum Gasteiger partial charge on any atom is -0.475 e. The molecule has 6 nitrogen and oxygen atoms in total. The van der Waals surface area contributed by atoms with Crippen LogP contribution in [0.3, 0.4) is 0 Å². The Kier molecular flexibility index (Phi) is 2.65. The van der Waals surface area contributed by atoms with Crippen molar-refractivity contribution in [1.29, 1.82) is 0 Å². The molecular weight excluding hydrogens is 286 g/mol. The summed E-state index contributed by atoms with van der Waals surface area (Å²) in [6.45, 7) is 3.55. The zero-order chi connectivity index (χ0) is 14.5. The molecule has 0 fully saturated rings. The molecule has 0 bridgehead atoms. The van der Waals surface area contributed by atoms with Gasteiger partial charge in [-0.3, -0.25) is 0 Å². The lowest BCUT2D eigenvalue weighted by Crippen LogP contribution is -2.29. The molecule has 7 heteroatoms. The maximum absolute atomic E-state index is 10.8. The molecule has 0 saturated heterocycles. The van der Waals surface area contributed by atoms with Crippen molar-refractivity contribution < 1.29 is 23.9 Å². The molecule has 2 heterocycles. The van der Waals surface area contributed by atoms with Crippen LogP contribution in [0.4, 0.5) is 0 Å². The quantitative estimate of drug-likeness (QED) is 0.916. The van der Waals surface area contributed by atoms with Crippen molar-refractivity contribution >= 4 is 17.6 Å². The molecule has 1 N–H and O–H groups in total. The summed E-state index contributed by atoms with van der Waals surface area (Å²) >= 11 is 6.16. The number of carbonyl (C=O) groups is 1. The summed E-state index contributed by atoms with van der Waals surface area (Å²) in [5.41, 5.74) is 0.839. The fraction of sp³-hybridized carbons (Fsp3) is 0.231. The zero-order valence-electron chi connectivity index (χ0n) is 10.6. The number of carboxylic acid groups (broad SMARTS) is 1. The van der Waals surface area contributed by atoms with Gasteiger partial charge in [0.05, 0.1) is 5.02 Å². The number of ether oxygens (including phenoxy) is 2. The minimum atomic E-state index is -1.19. The Morgan fingerprint density at radius 3 is 2.50 bits per heavy atom. The van der Waals surface area contributed by atoms with Gasteiger partial charge in [0, 0.05) is 31.5 Å². The molecule has 1 aromatic carbocycles. The van der Waals surface area contributed by atoms with Gasteiger partial charge in [0.25, 0.3) is 0 Å². The van der Waals surface area contributed by atoms with Gasteiger partial charge < -0.3 is 19.1 Å². The number of benzene rings is 1. The average molecular weight is 296 g/mol. The smallest absolute Gasteiger partial charge is 0.374 e. The molecule has 1 aliphatic heterocycles. The predicted molar refractivity (Wildman–Crippen MR) is 69.2 cm³/mol. The Bertz CT molecular complexity index is 707. The van der Waals surface area contributed by atoms with E-state index in [9.17, 15) is 4.79 Å². The van der Waals surface area contributed by atoms with Crippen LogP contribution in [0, 0.1) is 0 Å². The average Bonchev–Trinajstić information content (AvgIpc) is 2.90. The first-order chi connectivity index (χ1) is 9.35. The van der Waals surface area contributed by atoms with E-state index in [4.69, 9.17) is 30.7 Å². The van der Waals surface area contributed by atoms with Crippen molar-refractivity contribution in [2.75, 3.05) is 0 Å². The first-order valence-electron chi connectivity index (χ1n) is 5.78. The second-order valence-corrected chi connectivity index (χ2v) is 5.17. The van der Waals surface area contributed by atoms with Crippen LogP contribution in [0.2, 0.25) is 5.02 Å². The van der Waals surface area contributed by atoms with E-state index in [1.807, 2.05) is 0 Å². The van der Waals surface area contributed by atoms with E-state index in [-0.39, 0.29) is 5.76 Å². The van der Waals surface area contributed by atoms with Crippen LogP contribution in [-0.4, -0.2) is 22.0 Å². The Balaban J connectivity index is 2.05. The lowest BCUT2D eigenvalue weighted by molar-refractivity contribution is -0.0431. The van der Waals surface area contributed by atoms with Gasteiger partial charge in [0.2, 0.25) is 11.5 Å². The topological polar surface area (TPSA) is 81.8 Å². The summed E-state index contributed by atoms with van der Waals surface area (Å²) in [5, 5.41) is 12.9. The summed E-state index contributed by atoms with van der Waals surface area (Å²) in [5.74, 6) is -1.16. The van der Waals surface area contributed by atoms with E-state index in [1.165, 1.54) is 6.07 Å². The standard InChI is InChI=1S/C13H10ClNO5/c1-13(2)18-9-3-6(7(14)4-10(9)19-13)8-5-11(12(16)17)20-15-8/h3-5H,1-2H3,(H,16,17). The van der Waals surface area contributed by atoms with Crippen molar-refractivity contribution in [2.24, 2.45) is 0 Å². The molecule has 1 aromatic heterocycles. The van der Waals surface area contributed by atoms with Gasteiger partial charge in [0.1, 0.15) is 5.69 Å². The van der Waals surface area contributed by atoms with Crippen molar-refractivity contribution in [3.05, 3.63) is 29.0 Å². The Morgan fingerprint density at radius 2 is 1.90 bits per heavy atom. The Labute approximate surface area is 118 Å². The number of halogens is 1. The fourth-order valence-corrected chi connectivity index (χ4v) is 2.19. The third-order valence-corrected chi connectivity index (χ3v) is 3.05. The second-order valence-electron chi connectivity index (χ2n) is 4.76. The van der Waals surface area contributed by atoms with E-state index in [2.05, 4.69) is 5.16 Å². The number of aromatic nitrogens is 1. The van der Waals surface area contributed by atoms with Crippen molar-refractivity contribution in [1.82, 2.24) is 5.16 Å². The first kappa shape index (κ1) is 12.8. The summed E-state index contributed by atoms with van der Waals surface area (Å²) in [6.07, 6.45) is 0. The van der Waals surface area contributed by atoms with Gasteiger partial charge >= 0.3 is 5.97 Å². The monoisotopic (exact) mass is 295 g/mol. The predicted octanol–water partition coefficient (Wildman–Crippen LogP) is 3.20. The third-order valence-electron chi connectivity index (χ3n) is 2.74. The van der Waals surface area contributed by atoms with Crippen LogP contribution >= 0.6 is 11.6 Å². The number of hydrogen-bond acceptors (Lipinski definition) is 5. The van der Waals surface area contributed by atoms with Crippen molar-refractivity contribution in [3.8, 4) is 22.8 Å². The maximum Gasteiger partial charge on any atom is 0.374 e. The zero-order valence-corrected chi connectivity index (χ0v) is 11.4. The van der Waals surface area contributed by atoms with Crippen LogP contribution in [0.5, 0.6) is 11.5 Å². The van der Waals surface area contributed by atoms with Crippen molar-refractivity contribution in [3.63, 3.8) is 0 Å². The number of aromatic carboxylic acids is 1. The lowest BCUT2D eigenvalue weighted by atomic mass is 10.1. The van der Waals surface area contributed by atoms with Gasteiger partial charge in [0.15, 0.2) is 11.5 Å². The van der Waals surface area contributed by atoms with Gasteiger partial charge in [-0.15, -0.1) is 0 Å². The highest BCUT2D eigenvalue weighted by Crippen LogP contribution is 2.44. The van der Waals surface area contributed by atoms with Crippen LogP contribution in [0.25, 0.3) is 11.3 Å². The van der Waals surface area contributed by atoms with Gasteiger partial charge in [-0.25, -0.2) is 4.79 Å². The molecule has 3 rings (SSSR count). The van der Waals surface area contributed by atoms with E-state index in [0.717, 1.165) is 0 Å². The van der Waals surface area contributed by atoms with Crippen LogP contribution < -0.4 is 9.47 Å². The van der Waals surface area contributed by atoms with Crippen LogP contribution in [0.1, 0.15) is 24.4 Å². The van der Waals surface area contributed by atoms with E-state index in [1.54, 1.807) is 26.0 Å². The highest BCUT2D eigenvalue weighted by atomic mass is 35.5. The summed E-state index contributed by atoms with van der Waals surface area (Å²) < 4.78 is 15.9. The van der Waals surface area contributed by atoms with Gasteiger partial charge in [-0.1, -0.05) is 16.8 Å². The molecule has 2 aromatic rings. The Hall–Kier alpha value is -2.21. The van der Waals surface area contributed by atoms with Crippen LogP contribution in [-0.2, 0) is 0 Å². The molecule has 0 radical (unpaired) electrons. The van der Waals surface area contributed by atoms with E-state index >= 15 is 0 Å². The van der Waals surface area contributed by atoms with E-state index in [0.29, 0.717) is 27.8 Å². The third kappa shape index (κ3) is 2.08. The second kappa shape index (κ2) is 4.14. The van der Waals surface area contributed by atoms with Crippen molar-refractivity contribution in [2.45, 2.75) is 19.6 Å². The normalized spacial score (nSPS) is 15.3. The number of fused-ring (bicyclic) bond motifs is 1. The largest absolute Gasteiger partial charge is 0.475 e. The summed E-state index contributed by atoms with van der Waals surface area (Å²) in [6, 6.07) is 4.56.